The van der Waals surface area contributed by atoms with Gasteiger partial charge in [-0.05, 0) is 48.0 Å². The van der Waals surface area contributed by atoms with Gasteiger partial charge in [0.15, 0.2) is 0 Å². The molecule has 0 aliphatic rings. The molecule has 0 N–H and O–H groups in total. The summed E-state index contributed by atoms with van der Waals surface area (Å²) in [5, 5.41) is 11.7. The zero-order chi connectivity index (χ0) is 21.2. The third-order valence-electron chi connectivity index (χ3n) is 4.04. The molecule has 0 atom stereocenters. The first kappa shape index (κ1) is 21.0. The van der Waals surface area contributed by atoms with Crippen LogP contribution in [-0.2, 0) is 12.6 Å². The first-order chi connectivity index (χ1) is 13.6. The van der Waals surface area contributed by atoms with Gasteiger partial charge in [-0.15, -0.1) is 0 Å². The minimum atomic E-state index is -4.53. The van der Waals surface area contributed by atoms with E-state index in [4.69, 9.17) is 27.9 Å². The molecule has 0 heterocycles. The summed E-state index contributed by atoms with van der Waals surface area (Å²) in [6.45, 7) is 0. The Balaban J connectivity index is 1.90. The standard InChI is InChI=1S/C20H12Cl2F3NO3/c21-15-4-1-12(2-5-15)9-13-10-16(6-7-18(13)26(27)28)29-19-8-3-14(11-17(19)22)20(23,24)25/h1-8,10-11H,9H2. The highest BCUT2D eigenvalue weighted by Crippen LogP contribution is 2.37. The van der Waals surface area contributed by atoms with Crippen LogP contribution in [0.5, 0.6) is 11.5 Å². The summed E-state index contributed by atoms with van der Waals surface area (Å²) in [5.41, 5.74) is 0.160. The molecule has 0 spiro atoms. The molecule has 0 aliphatic carbocycles. The summed E-state index contributed by atoms with van der Waals surface area (Å²) in [4.78, 5) is 10.8. The van der Waals surface area contributed by atoms with Crippen LogP contribution in [0.1, 0.15) is 16.7 Å². The molecule has 3 rings (SSSR count). The summed E-state index contributed by atoms with van der Waals surface area (Å²) >= 11 is 11.8. The van der Waals surface area contributed by atoms with Gasteiger partial charge in [-0.1, -0.05) is 35.3 Å². The Morgan fingerprint density at radius 2 is 1.66 bits per heavy atom. The van der Waals surface area contributed by atoms with E-state index in [1.807, 2.05) is 0 Å². The zero-order valence-electron chi connectivity index (χ0n) is 14.5. The fourth-order valence-electron chi connectivity index (χ4n) is 2.65. The number of nitrogens with zero attached hydrogens (tertiary/aromatic N) is 1. The molecule has 0 saturated heterocycles. The van der Waals surface area contributed by atoms with Gasteiger partial charge in [0, 0.05) is 23.1 Å². The van der Waals surface area contributed by atoms with Crippen LogP contribution in [0.4, 0.5) is 18.9 Å². The van der Waals surface area contributed by atoms with E-state index in [1.54, 1.807) is 24.3 Å². The third kappa shape index (κ3) is 5.19. The Kier molecular flexibility index (Phi) is 6.00. The average Bonchev–Trinajstić information content (AvgIpc) is 2.64. The Morgan fingerprint density at radius 3 is 2.24 bits per heavy atom. The number of hydrogen-bond acceptors (Lipinski definition) is 3. The Morgan fingerprint density at radius 1 is 0.966 bits per heavy atom. The zero-order valence-corrected chi connectivity index (χ0v) is 16.1. The molecule has 0 aromatic heterocycles. The van der Waals surface area contributed by atoms with E-state index in [0.717, 1.165) is 23.8 Å². The molecule has 0 radical (unpaired) electrons. The molecule has 0 bridgehead atoms. The lowest BCUT2D eigenvalue weighted by Gasteiger charge is -2.12. The van der Waals surface area contributed by atoms with Crippen molar-refractivity contribution in [2.24, 2.45) is 0 Å². The molecule has 3 aromatic carbocycles. The highest BCUT2D eigenvalue weighted by atomic mass is 35.5. The Bertz CT molecular complexity index is 1050. The second-order valence-electron chi connectivity index (χ2n) is 6.10. The highest BCUT2D eigenvalue weighted by Gasteiger charge is 2.31. The lowest BCUT2D eigenvalue weighted by Crippen LogP contribution is -2.04. The van der Waals surface area contributed by atoms with Crippen LogP contribution >= 0.6 is 23.2 Å². The molecule has 29 heavy (non-hydrogen) atoms. The normalized spacial score (nSPS) is 11.3. The van der Waals surface area contributed by atoms with Gasteiger partial charge < -0.3 is 4.74 Å². The maximum atomic E-state index is 12.8. The monoisotopic (exact) mass is 441 g/mol. The van der Waals surface area contributed by atoms with Crippen molar-refractivity contribution in [3.05, 3.63) is 97.5 Å². The summed E-state index contributed by atoms with van der Waals surface area (Å²) < 4.78 is 43.8. The van der Waals surface area contributed by atoms with Gasteiger partial charge >= 0.3 is 6.18 Å². The van der Waals surface area contributed by atoms with Crippen molar-refractivity contribution >= 4 is 28.9 Å². The third-order valence-corrected chi connectivity index (χ3v) is 4.59. The number of alkyl halides is 3. The van der Waals surface area contributed by atoms with Gasteiger partial charge in [-0.25, -0.2) is 0 Å². The summed E-state index contributed by atoms with van der Waals surface area (Å²) in [6, 6.07) is 13.6. The minimum absolute atomic E-state index is 0.00552. The SMILES string of the molecule is O=[N+]([O-])c1ccc(Oc2ccc(C(F)(F)F)cc2Cl)cc1Cc1ccc(Cl)cc1. The van der Waals surface area contributed by atoms with E-state index in [9.17, 15) is 23.3 Å². The smallest absolute Gasteiger partial charge is 0.416 e. The van der Waals surface area contributed by atoms with Gasteiger partial charge in [-0.3, -0.25) is 10.1 Å². The maximum absolute atomic E-state index is 12.8. The molecule has 150 valence electrons. The average molecular weight is 442 g/mol. The molecule has 4 nitrogen and oxygen atoms in total. The van der Waals surface area contributed by atoms with Gasteiger partial charge in [0.1, 0.15) is 11.5 Å². The van der Waals surface area contributed by atoms with E-state index >= 15 is 0 Å². The van der Waals surface area contributed by atoms with Crippen molar-refractivity contribution in [3.63, 3.8) is 0 Å². The molecule has 0 saturated carbocycles. The second-order valence-corrected chi connectivity index (χ2v) is 6.94. The van der Waals surface area contributed by atoms with E-state index in [-0.39, 0.29) is 28.6 Å². The summed E-state index contributed by atoms with van der Waals surface area (Å²) in [6.07, 6.45) is -4.29. The largest absolute Gasteiger partial charge is 0.456 e. The van der Waals surface area contributed by atoms with E-state index in [0.29, 0.717) is 10.6 Å². The fourth-order valence-corrected chi connectivity index (χ4v) is 3.00. The van der Waals surface area contributed by atoms with Crippen LogP contribution in [0, 0.1) is 10.1 Å². The maximum Gasteiger partial charge on any atom is 0.416 e. The number of hydrogen-bond donors (Lipinski definition) is 0. The van der Waals surface area contributed by atoms with Crippen molar-refractivity contribution < 1.29 is 22.8 Å². The quantitative estimate of drug-likeness (QED) is 0.308. The number of rotatable bonds is 5. The second kappa shape index (κ2) is 8.31. The number of ether oxygens (including phenoxy) is 1. The van der Waals surface area contributed by atoms with Crippen molar-refractivity contribution in [2.45, 2.75) is 12.6 Å². The molecule has 0 fully saturated rings. The van der Waals surface area contributed by atoms with E-state index in [2.05, 4.69) is 0 Å². The van der Waals surface area contributed by atoms with Crippen LogP contribution in [0.15, 0.2) is 60.7 Å². The number of nitro groups is 1. The fraction of sp³-hybridized carbons (Fsp3) is 0.100. The molecular formula is C20H12Cl2F3NO3. The number of halogens is 5. The van der Waals surface area contributed by atoms with Gasteiger partial charge in [0.05, 0.1) is 15.5 Å². The van der Waals surface area contributed by atoms with Crippen LogP contribution in [-0.4, -0.2) is 4.92 Å². The number of nitro benzene ring substituents is 1. The highest BCUT2D eigenvalue weighted by molar-refractivity contribution is 6.32. The van der Waals surface area contributed by atoms with Crippen molar-refractivity contribution in [3.8, 4) is 11.5 Å². The lowest BCUT2D eigenvalue weighted by atomic mass is 10.0. The van der Waals surface area contributed by atoms with Crippen molar-refractivity contribution in [1.29, 1.82) is 0 Å². The van der Waals surface area contributed by atoms with Crippen LogP contribution in [0.25, 0.3) is 0 Å². The van der Waals surface area contributed by atoms with Gasteiger partial charge in [0.2, 0.25) is 0 Å². The molecule has 9 heteroatoms. The Labute approximate surface area is 173 Å². The molecule has 0 unspecified atom stereocenters. The van der Waals surface area contributed by atoms with Crippen LogP contribution in [0.3, 0.4) is 0 Å². The Hall–Kier alpha value is -2.77. The predicted molar refractivity (Wildman–Crippen MR) is 104 cm³/mol. The van der Waals surface area contributed by atoms with E-state index < -0.39 is 16.7 Å². The van der Waals surface area contributed by atoms with Crippen molar-refractivity contribution in [1.82, 2.24) is 0 Å². The topological polar surface area (TPSA) is 52.4 Å². The minimum Gasteiger partial charge on any atom is -0.456 e. The van der Waals surface area contributed by atoms with Crippen LogP contribution in [0.2, 0.25) is 10.0 Å². The molecule has 3 aromatic rings. The summed E-state index contributed by atoms with van der Waals surface area (Å²) in [5.74, 6) is 0.215. The van der Waals surface area contributed by atoms with E-state index in [1.165, 1.54) is 18.2 Å². The summed E-state index contributed by atoms with van der Waals surface area (Å²) in [7, 11) is 0. The molecular weight excluding hydrogens is 430 g/mol. The molecule has 0 amide bonds. The van der Waals surface area contributed by atoms with Crippen molar-refractivity contribution in [2.75, 3.05) is 0 Å². The van der Waals surface area contributed by atoms with Crippen LogP contribution < -0.4 is 4.74 Å². The first-order valence-corrected chi connectivity index (χ1v) is 8.95. The predicted octanol–water partition coefficient (Wildman–Crippen LogP) is 7.30. The lowest BCUT2D eigenvalue weighted by molar-refractivity contribution is -0.385. The van der Waals surface area contributed by atoms with Gasteiger partial charge in [-0.2, -0.15) is 13.2 Å². The first-order valence-electron chi connectivity index (χ1n) is 8.20. The molecule has 0 aliphatic heterocycles. The van der Waals surface area contributed by atoms with Gasteiger partial charge in [0.25, 0.3) is 5.69 Å². The number of benzene rings is 3.